The summed E-state index contributed by atoms with van der Waals surface area (Å²) in [6.45, 7) is 1.92. The molecule has 0 aliphatic heterocycles. The highest BCUT2D eigenvalue weighted by Crippen LogP contribution is 2.30. The Morgan fingerprint density at radius 2 is 2.20 bits per heavy atom. The van der Waals surface area contributed by atoms with Gasteiger partial charge in [-0.2, -0.15) is 0 Å². The molecule has 0 spiro atoms. The minimum absolute atomic E-state index is 0.0983. The molecule has 2 heterocycles. The molecule has 0 bridgehead atoms. The highest BCUT2D eigenvalue weighted by atomic mass is 32.2. The smallest absolute Gasteiger partial charge is 0.258 e. The van der Waals surface area contributed by atoms with Gasteiger partial charge in [-0.15, -0.1) is 10.2 Å². The van der Waals surface area contributed by atoms with E-state index in [1.165, 1.54) is 22.8 Å². The third-order valence-electron chi connectivity index (χ3n) is 2.84. The third-order valence-corrected chi connectivity index (χ3v) is 3.92. The van der Waals surface area contributed by atoms with Gasteiger partial charge in [0, 0.05) is 0 Å². The molecule has 20 heavy (non-hydrogen) atoms. The van der Waals surface area contributed by atoms with E-state index in [-0.39, 0.29) is 10.8 Å². The maximum atomic E-state index is 12.0. The number of nitrogen functional groups attached to an aromatic ring is 1. The van der Waals surface area contributed by atoms with Crippen LogP contribution in [0.2, 0.25) is 0 Å². The van der Waals surface area contributed by atoms with Crippen molar-refractivity contribution in [2.45, 2.75) is 17.3 Å². The largest absolute Gasteiger partial charge is 0.336 e. The van der Waals surface area contributed by atoms with Gasteiger partial charge in [-0.1, -0.05) is 23.9 Å². The quantitative estimate of drug-likeness (QED) is 0.552. The molecular formula is C12H12N6OS. The van der Waals surface area contributed by atoms with Crippen molar-refractivity contribution >= 4 is 22.7 Å². The lowest BCUT2D eigenvalue weighted by Gasteiger charge is -2.10. The molecule has 1 atom stereocenters. The Bertz CT molecular complexity index is 811. The van der Waals surface area contributed by atoms with Gasteiger partial charge in [0.1, 0.15) is 12.2 Å². The molecule has 2 aromatic heterocycles. The molecule has 0 aliphatic carbocycles. The molecule has 1 aromatic carbocycles. The number of hydrogen-bond donors (Lipinski definition) is 2. The van der Waals surface area contributed by atoms with Crippen LogP contribution in [0.25, 0.3) is 10.9 Å². The number of fused-ring (bicyclic) bond motifs is 1. The van der Waals surface area contributed by atoms with E-state index in [4.69, 9.17) is 5.84 Å². The van der Waals surface area contributed by atoms with Gasteiger partial charge in [0.25, 0.3) is 5.56 Å². The minimum Gasteiger partial charge on any atom is -0.336 e. The topological polar surface area (TPSA) is 102 Å². The first-order chi connectivity index (χ1) is 9.65. The van der Waals surface area contributed by atoms with E-state index in [1.54, 1.807) is 6.07 Å². The second kappa shape index (κ2) is 4.97. The van der Waals surface area contributed by atoms with E-state index in [1.807, 2.05) is 25.1 Å². The third kappa shape index (κ3) is 2.25. The van der Waals surface area contributed by atoms with Crippen molar-refractivity contribution in [1.82, 2.24) is 24.8 Å². The molecule has 0 radical (unpaired) electrons. The zero-order valence-electron chi connectivity index (χ0n) is 10.6. The van der Waals surface area contributed by atoms with Crippen molar-refractivity contribution in [3.05, 3.63) is 46.8 Å². The number of rotatable bonds is 3. The van der Waals surface area contributed by atoms with Gasteiger partial charge in [0.15, 0.2) is 0 Å². The predicted octanol–water partition coefficient (Wildman–Crippen LogP) is 1.08. The Hall–Kier alpha value is -2.35. The van der Waals surface area contributed by atoms with Crippen LogP contribution >= 0.6 is 11.8 Å². The van der Waals surface area contributed by atoms with Gasteiger partial charge < -0.3 is 10.8 Å². The molecule has 0 amide bonds. The number of aromatic nitrogens is 5. The van der Waals surface area contributed by atoms with Crippen LogP contribution in [0.15, 0.2) is 40.5 Å². The Morgan fingerprint density at radius 3 is 2.95 bits per heavy atom. The molecule has 102 valence electrons. The number of H-pyrrole nitrogens is 1. The van der Waals surface area contributed by atoms with Crippen molar-refractivity contribution in [2.24, 2.45) is 0 Å². The van der Waals surface area contributed by atoms with Gasteiger partial charge in [0.05, 0.1) is 16.2 Å². The SMILES string of the molecule is C[C@H](Sc1nncn1N)c1nc2ccccc2c(=O)[nH]1. The van der Waals surface area contributed by atoms with Crippen LogP contribution in [0.4, 0.5) is 0 Å². The summed E-state index contributed by atoms with van der Waals surface area (Å²) in [5.74, 6) is 6.25. The maximum Gasteiger partial charge on any atom is 0.258 e. The lowest BCUT2D eigenvalue weighted by molar-refractivity contribution is 0.832. The van der Waals surface area contributed by atoms with Crippen molar-refractivity contribution in [3.63, 3.8) is 0 Å². The molecule has 3 aromatic rings. The molecule has 7 nitrogen and oxygen atoms in total. The second-order valence-corrected chi connectivity index (χ2v) is 5.56. The molecule has 3 N–H and O–H groups in total. The van der Waals surface area contributed by atoms with Gasteiger partial charge in [-0.3, -0.25) is 4.79 Å². The Kier molecular flexibility index (Phi) is 3.15. The zero-order valence-corrected chi connectivity index (χ0v) is 11.5. The Labute approximate surface area is 118 Å². The number of benzene rings is 1. The van der Waals surface area contributed by atoms with Crippen LogP contribution in [0, 0.1) is 0 Å². The van der Waals surface area contributed by atoms with Crippen LogP contribution < -0.4 is 11.4 Å². The molecule has 0 saturated heterocycles. The van der Waals surface area contributed by atoms with E-state index in [9.17, 15) is 4.79 Å². The van der Waals surface area contributed by atoms with E-state index < -0.39 is 0 Å². The first-order valence-electron chi connectivity index (χ1n) is 5.96. The summed E-state index contributed by atoms with van der Waals surface area (Å²) in [7, 11) is 0. The van der Waals surface area contributed by atoms with E-state index in [2.05, 4.69) is 20.2 Å². The van der Waals surface area contributed by atoms with Crippen molar-refractivity contribution < 1.29 is 0 Å². The number of nitrogens with two attached hydrogens (primary N) is 1. The molecule has 0 fully saturated rings. The van der Waals surface area contributed by atoms with Crippen LogP contribution in [0.3, 0.4) is 0 Å². The summed E-state index contributed by atoms with van der Waals surface area (Å²) < 4.78 is 1.33. The molecule has 0 saturated carbocycles. The fraction of sp³-hybridized carbons (Fsp3) is 0.167. The molecule has 0 unspecified atom stereocenters. The Balaban J connectivity index is 1.98. The highest BCUT2D eigenvalue weighted by Gasteiger charge is 2.15. The van der Waals surface area contributed by atoms with Crippen molar-refractivity contribution in [1.29, 1.82) is 0 Å². The first-order valence-corrected chi connectivity index (χ1v) is 6.84. The van der Waals surface area contributed by atoms with E-state index in [0.717, 1.165) is 0 Å². The van der Waals surface area contributed by atoms with Gasteiger partial charge in [0.2, 0.25) is 5.16 Å². The number of nitrogens with one attached hydrogen (secondary N) is 1. The zero-order chi connectivity index (χ0) is 14.1. The fourth-order valence-corrected chi connectivity index (χ4v) is 2.63. The monoisotopic (exact) mass is 288 g/mol. The average molecular weight is 288 g/mol. The summed E-state index contributed by atoms with van der Waals surface area (Å²) in [5.41, 5.74) is 0.528. The van der Waals surface area contributed by atoms with Gasteiger partial charge >= 0.3 is 0 Å². The summed E-state index contributed by atoms with van der Waals surface area (Å²) in [5, 5.41) is 8.65. The maximum absolute atomic E-state index is 12.0. The molecule has 8 heteroatoms. The second-order valence-electron chi connectivity index (χ2n) is 4.25. The van der Waals surface area contributed by atoms with E-state index in [0.29, 0.717) is 21.9 Å². The number of hydrogen-bond acceptors (Lipinski definition) is 6. The standard InChI is InChI=1S/C12H12N6OS/c1-7(20-12-17-14-6-18(12)13)10-15-9-5-3-2-4-8(9)11(19)16-10/h2-7H,13H2,1H3,(H,15,16,19)/t7-/m0/s1. The van der Waals surface area contributed by atoms with Crippen LogP contribution in [0.1, 0.15) is 18.0 Å². The van der Waals surface area contributed by atoms with Crippen LogP contribution in [-0.2, 0) is 0 Å². The molecular weight excluding hydrogens is 276 g/mol. The lowest BCUT2D eigenvalue weighted by Crippen LogP contribution is -2.13. The van der Waals surface area contributed by atoms with Crippen LogP contribution in [-0.4, -0.2) is 24.8 Å². The highest BCUT2D eigenvalue weighted by molar-refractivity contribution is 7.99. The summed E-state index contributed by atoms with van der Waals surface area (Å²) in [6, 6.07) is 7.23. The summed E-state index contributed by atoms with van der Waals surface area (Å²) >= 11 is 1.38. The number of para-hydroxylation sites is 1. The number of aromatic amines is 1. The first kappa shape index (κ1) is 12.7. The van der Waals surface area contributed by atoms with Crippen molar-refractivity contribution in [3.8, 4) is 0 Å². The number of thioether (sulfide) groups is 1. The Morgan fingerprint density at radius 1 is 1.40 bits per heavy atom. The predicted molar refractivity (Wildman–Crippen MR) is 76.8 cm³/mol. The fourth-order valence-electron chi connectivity index (χ4n) is 1.83. The molecule has 0 aliphatic rings. The average Bonchev–Trinajstić information content (AvgIpc) is 2.84. The van der Waals surface area contributed by atoms with Gasteiger partial charge in [-0.05, 0) is 19.1 Å². The lowest BCUT2D eigenvalue weighted by atomic mass is 10.2. The normalized spacial score (nSPS) is 12.7. The van der Waals surface area contributed by atoms with Crippen LogP contribution in [0.5, 0.6) is 0 Å². The van der Waals surface area contributed by atoms with Gasteiger partial charge in [-0.25, -0.2) is 9.66 Å². The minimum atomic E-state index is -0.146. The number of nitrogens with zero attached hydrogens (tertiary/aromatic N) is 4. The molecule has 3 rings (SSSR count). The summed E-state index contributed by atoms with van der Waals surface area (Å²) in [4.78, 5) is 19.3. The van der Waals surface area contributed by atoms with E-state index >= 15 is 0 Å². The van der Waals surface area contributed by atoms with Crippen molar-refractivity contribution in [2.75, 3.05) is 5.84 Å². The summed E-state index contributed by atoms with van der Waals surface area (Å²) in [6.07, 6.45) is 1.42.